The van der Waals surface area contributed by atoms with E-state index in [2.05, 4.69) is 34.6 Å². The van der Waals surface area contributed by atoms with Crippen LogP contribution in [0.5, 0.6) is 0 Å². The zero-order valence-corrected chi connectivity index (χ0v) is 36.8. The van der Waals surface area contributed by atoms with Crippen LogP contribution in [0.15, 0.2) is 0 Å². The summed E-state index contributed by atoms with van der Waals surface area (Å²) in [6, 6.07) is 0. The van der Waals surface area contributed by atoms with E-state index in [-0.39, 0.29) is 6.61 Å². The molecule has 0 aromatic rings. The topological polar surface area (TPSA) is 52.6 Å². The summed E-state index contributed by atoms with van der Waals surface area (Å²) in [6.45, 7) is 8.58. The smallest absolute Gasteiger partial charge is 0.0654 e. The minimum Gasteiger partial charge on any atom is -0.0654 e. The van der Waals surface area contributed by atoms with Crippen LogP contribution in [0, 0.1) is 0 Å². The van der Waals surface area contributed by atoms with Crippen LogP contribution in [-0.4, -0.2) is 39.7 Å². The summed E-state index contributed by atoms with van der Waals surface area (Å²) in [7, 11) is -4.04. The molecule has 304 valence electrons. The fourth-order valence-corrected chi connectivity index (χ4v) is 17.2. The fraction of sp³-hybridized carbons (Fsp3) is 1.00. The van der Waals surface area contributed by atoms with Crippen LogP contribution in [0.2, 0.25) is 0 Å². The molecule has 0 aromatic carbocycles. The van der Waals surface area contributed by atoms with Gasteiger partial charge in [-0.05, 0) is 0 Å². The van der Waals surface area contributed by atoms with E-state index in [0.29, 0.717) is 0 Å². The van der Waals surface area contributed by atoms with Crippen LogP contribution in [0.3, 0.4) is 0 Å². The van der Waals surface area contributed by atoms with E-state index in [1.165, 1.54) is 180 Å². The second-order valence-electron chi connectivity index (χ2n) is 16.3. The third-order valence-electron chi connectivity index (χ3n) is 11.3. The maximum atomic E-state index is 13.9. The average Bonchev–Trinajstić information content (AvgIpc) is 3.10. The number of hydrogen-bond donors (Lipinski definition) is 0. The Morgan fingerprint density at radius 3 is 0.820 bits per heavy atom. The average molecular weight is 749 g/mol. The molecule has 0 rings (SSSR count). The Hall–Kier alpha value is 0.300. The van der Waals surface area contributed by atoms with Gasteiger partial charge in [-0.1, -0.05) is 33.1 Å². The standard InChI is InChI=1S/C44H93O4PS/c1-6-11-16-21-23-25-27-28-30-32-34-39-44-49(41-36-18-13-8-3,42-37-19-14-9-4,43-38-20-15-10-5)48-50(45,46)47-40-35-33-31-29-26-24-22-17-12-7-2/h6-44H2,1-5H3. The third-order valence-corrected chi connectivity index (χ3v) is 20.0. The molecule has 0 aliphatic rings. The van der Waals surface area contributed by atoms with Gasteiger partial charge in [0.2, 0.25) is 0 Å². The number of hydrogen-bond acceptors (Lipinski definition) is 4. The molecule has 0 aliphatic carbocycles. The summed E-state index contributed by atoms with van der Waals surface area (Å²) >= 11 is 0. The summed E-state index contributed by atoms with van der Waals surface area (Å²) in [6.07, 6.45) is 46.2. The van der Waals surface area contributed by atoms with Gasteiger partial charge < -0.3 is 0 Å². The summed E-state index contributed by atoms with van der Waals surface area (Å²) < 4.78 is 40.4. The first kappa shape index (κ1) is 50.3. The van der Waals surface area contributed by atoms with E-state index in [4.69, 9.17) is 8.15 Å². The molecule has 0 bridgehead atoms. The Bertz CT molecular complexity index is 768. The summed E-state index contributed by atoms with van der Waals surface area (Å²) in [5.74, 6) is 0. The van der Waals surface area contributed by atoms with Gasteiger partial charge in [-0.15, -0.1) is 0 Å². The summed E-state index contributed by atoms with van der Waals surface area (Å²) in [4.78, 5) is 0. The molecule has 0 atom stereocenters. The van der Waals surface area contributed by atoms with E-state index < -0.39 is 17.2 Å². The predicted molar refractivity (Wildman–Crippen MR) is 228 cm³/mol. The molecule has 4 nitrogen and oxygen atoms in total. The minimum atomic E-state index is -4.04. The Morgan fingerprint density at radius 2 is 0.540 bits per heavy atom. The second-order valence-corrected chi connectivity index (χ2v) is 23.5. The molecule has 0 unspecified atom stereocenters. The van der Waals surface area contributed by atoms with Crippen molar-refractivity contribution >= 4 is 17.2 Å². The Labute approximate surface area is 316 Å². The maximum absolute atomic E-state index is 13.9. The van der Waals surface area contributed by atoms with Crippen molar-refractivity contribution in [2.24, 2.45) is 0 Å². The predicted octanol–water partition coefficient (Wildman–Crippen LogP) is 16.1. The van der Waals surface area contributed by atoms with E-state index in [0.717, 1.165) is 63.2 Å². The first-order valence-electron chi connectivity index (χ1n) is 22.9. The molecule has 0 aromatic heterocycles. The molecule has 0 fully saturated rings. The van der Waals surface area contributed by atoms with Gasteiger partial charge >= 0.3 is 285 Å². The molecule has 0 spiro atoms. The molecule has 0 N–H and O–H groups in total. The van der Waals surface area contributed by atoms with Gasteiger partial charge in [-0.25, -0.2) is 0 Å². The van der Waals surface area contributed by atoms with Crippen molar-refractivity contribution in [3.05, 3.63) is 0 Å². The van der Waals surface area contributed by atoms with Crippen LogP contribution in [-0.2, 0) is 18.6 Å². The SMILES string of the molecule is CCCCCCCCCCCCCCP(CCCCCC)(CCCCCC)(CCCCCC)OS(=O)(=O)OCCCCCCCCCCCC. The van der Waals surface area contributed by atoms with Gasteiger partial charge in [-0.2, -0.15) is 0 Å². The monoisotopic (exact) mass is 749 g/mol. The van der Waals surface area contributed by atoms with Crippen molar-refractivity contribution in [1.82, 2.24) is 0 Å². The summed E-state index contributed by atoms with van der Waals surface area (Å²) in [5.41, 5.74) is 0. The zero-order chi connectivity index (χ0) is 36.9. The van der Waals surface area contributed by atoms with Gasteiger partial charge in [0, 0.05) is 0 Å². The molecule has 6 heteroatoms. The molecule has 0 saturated heterocycles. The van der Waals surface area contributed by atoms with E-state index >= 15 is 0 Å². The Balaban J connectivity index is 5.55. The van der Waals surface area contributed by atoms with Gasteiger partial charge in [0.25, 0.3) is 0 Å². The van der Waals surface area contributed by atoms with E-state index in [1.807, 2.05) is 0 Å². The van der Waals surface area contributed by atoms with Gasteiger partial charge in [0.1, 0.15) is 0 Å². The van der Waals surface area contributed by atoms with Crippen LogP contribution >= 0.6 is 6.83 Å². The summed E-state index contributed by atoms with van der Waals surface area (Å²) in [5, 5.41) is 0. The van der Waals surface area contributed by atoms with Crippen LogP contribution < -0.4 is 0 Å². The van der Waals surface area contributed by atoms with Crippen LogP contribution in [0.25, 0.3) is 0 Å². The van der Waals surface area contributed by atoms with E-state index in [1.54, 1.807) is 0 Å². The molecule has 0 amide bonds. The first-order chi connectivity index (χ1) is 24.3. The van der Waals surface area contributed by atoms with Crippen LogP contribution in [0.4, 0.5) is 0 Å². The third kappa shape index (κ3) is 28.8. The molecule has 0 saturated carbocycles. The van der Waals surface area contributed by atoms with Crippen molar-refractivity contribution in [3.63, 3.8) is 0 Å². The van der Waals surface area contributed by atoms with Gasteiger partial charge in [-0.3, -0.25) is 0 Å². The first-order valence-corrected chi connectivity index (χ1v) is 27.2. The van der Waals surface area contributed by atoms with Crippen LogP contribution in [0.1, 0.15) is 253 Å². The molecule has 0 aliphatic heterocycles. The van der Waals surface area contributed by atoms with Crippen molar-refractivity contribution in [2.75, 3.05) is 31.3 Å². The van der Waals surface area contributed by atoms with Crippen molar-refractivity contribution < 1.29 is 16.6 Å². The zero-order valence-electron chi connectivity index (χ0n) is 35.1. The molecule has 50 heavy (non-hydrogen) atoms. The molecular weight excluding hydrogens is 656 g/mol. The Kier molecular flexibility index (Phi) is 35.2. The Morgan fingerprint density at radius 1 is 0.320 bits per heavy atom. The fourth-order valence-electron chi connectivity index (χ4n) is 8.02. The van der Waals surface area contributed by atoms with Gasteiger partial charge in [0.15, 0.2) is 0 Å². The van der Waals surface area contributed by atoms with Gasteiger partial charge in [0.05, 0.1) is 0 Å². The minimum absolute atomic E-state index is 0.269. The normalized spacial score (nSPS) is 13.2. The van der Waals surface area contributed by atoms with Crippen molar-refractivity contribution in [1.29, 1.82) is 0 Å². The van der Waals surface area contributed by atoms with Crippen molar-refractivity contribution in [3.8, 4) is 0 Å². The quantitative estimate of drug-likeness (QED) is 0.0461. The van der Waals surface area contributed by atoms with E-state index in [9.17, 15) is 8.42 Å². The number of unbranched alkanes of at least 4 members (excludes halogenated alkanes) is 29. The molecule has 0 heterocycles. The second kappa shape index (κ2) is 35.0. The van der Waals surface area contributed by atoms with Crippen molar-refractivity contribution in [2.45, 2.75) is 253 Å². The molecule has 0 radical (unpaired) electrons. The number of rotatable bonds is 42. The molecular formula is C44H93O4PS.